The molecule has 0 aliphatic heterocycles. The van der Waals surface area contributed by atoms with Gasteiger partial charge in [0.25, 0.3) is 0 Å². The molecule has 0 fully saturated rings. The predicted octanol–water partition coefficient (Wildman–Crippen LogP) is 4.48. The van der Waals surface area contributed by atoms with Crippen molar-refractivity contribution >= 4 is 38.4 Å². The quantitative estimate of drug-likeness (QED) is 0.824. The van der Waals surface area contributed by atoms with Crippen molar-refractivity contribution in [2.45, 2.75) is 6.36 Å². The molecule has 16 heavy (non-hydrogen) atoms. The molecule has 1 heterocycles. The van der Waals surface area contributed by atoms with Gasteiger partial charge in [0.05, 0.1) is 5.52 Å². The third kappa shape index (κ3) is 2.27. The standard InChI is InChI=1S/C9H4BrClF3NO/c10-6-3-15-8-5(6)1-4(11)2-7(8)16-9(12,13)14/h1-3,15H. The second-order valence-corrected chi connectivity index (χ2v) is 4.30. The van der Waals surface area contributed by atoms with Crippen molar-refractivity contribution in [3.63, 3.8) is 0 Å². The number of nitrogens with one attached hydrogen (secondary N) is 1. The summed E-state index contributed by atoms with van der Waals surface area (Å²) in [6, 6.07) is 2.65. The summed E-state index contributed by atoms with van der Waals surface area (Å²) in [6.07, 6.45) is -3.22. The van der Waals surface area contributed by atoms with Gasteiger partial charge in [0.1, 0.15) is 0 Å². The van der Waals surface area contributed by atoms with Crippen LogP contribution in [0.15, 0.2) is 22.8 Å². The maximum absolute atomic E-state index is 12.1. The highest BCUT2D eigenvalue weighted by atomic mass is 79.9. The molecular formula is C9H4BrClF3NO. The average molecular weight is 314 g/mol. The van der Waals surface area contributed by atoms with Crippen molar-refractivity contribution < 1.29 is 17.9 Å². The lowest BCUT2D eigenvalue weighted by atomic mass is 10.2. The van der Waals surface area contributed by atoms with Crippen LogP contribution in [0.2, 0.25) is 5.02 Å². The highest BCUT2D eigenvalue weighted by Gasteiger charge is 2.32. The lowest BCUT2D eigenvalue weighted by Crippen LogP contribution is -2.17. The second-order valence-electron chi connectivity index (χ2n) is 3.01. The van der Waals surface area contributed by atoms with Gasteiger partial charge in [-0.3, -0.25) is 0 Å². The first-order chi connectivity index (χ1) is 7.37. The molecule has 0 spiro atoms. The van der Waals surface area contributed by atoms with Crippen LogP contribution >= 0.6 is 27.5 Å². The van der Waals surface area contributed by atoms with E-state index in [1.165, 1.54) is 6.20 Å². The average Bonchev–Trinajstić information content (AvgIpc) is 2.45. The van der Waals surface area contributed by atoms with Gasteiger partial charge in [-0.25, -0.2) is 0 Å². The molecule has 0 amide bonds. The molecule has 0 unspecified atom stereocenters. The summed E-state index contributed by atoms with van der Waals surface area (Å²) in [7, 11) is 0. The number of alkyl halides is 3. The van der Waals surface area contributed by atoms with E-state index in [0.717, 1.165) is 6.07 Å². The lowest BCUT2D eigenvalue weighted by Gasteiger charge is -2.10. The fourth-order valence-corrected chi connectivity index (χ4v) is 1.97. The van der Waals surface area contributed by atoms with E-state index in [4.69, 9.17) is 11.6 Å². The third-order valence-electron chi connectivity index (χ3n) is 1.89. The number of benzene rings is 1. The van der Waals surface area contributed by atoms with Gasteiger partial charge >= 0.3 is 6.36 Å². The number of halogens is 5. The molecule has 2 aromatic rings. The van der Waals surface area contributed by atoms with Gasteiger partial charge in [-0.1, -0.05) is 11.6 Å². The lowest BCUT2D eigenvalue weighted by molar-refractivity contribution is -0.274. The minimum Gasteiger partial charge on any atom is -0.403 e. The fraction of sp³-hybridized carbons (Fsp3) is 0.111. The Morgan fingerprint density at radius 3 is 2.62 bits per heavy atom. The second kappa shape index (κ2) is 3.85. The van der Waals surface area contributed by atoms with Gasteiger partial charge in [0.15, 0.2) is 5.75 Å². The van der Waals surface area contributed by atoms with E-state index in [1.807, 2.05) is 0 Å². The van der Waals surface area contributed by atoms with E-state index >= 15 is 0 Å². The van der Waals surface area contributed by atoms with Crippen molar-refractivity contribution in [1.29, 1.82) is 0 Å². The van der Waals surface area contributed by atoms with Gasteiger partial charge < -0.3 is 9.72 Å². The van der Waals surface area contributed by atoms with Gasteiger partial charge in [-0.15, -0.1) is 13.2 Å². The van der Waals surface area contributed by atoms with Crippen molar-refractivity contribution in [1.82, 2.24) is 4.98 Å². The molecule has 1 aromatic heterocycles. The highest BCUT2D eigenvalue weighted by molar-refractivity contribution is 9.10. The molecule has 0 aliphatic rings. The molecule has 0 aliphatic carbocycles. The molecule has 0 saturated heterocycles. The summed E-state index contributed by atoms with van der Waals surface area (Å²) < 4.78 is 40.8. The van der Waals surface area contributed by atoms with E-state index < -0.39 is 6.36 Å². The minimum absolute atomic E-state index is 0.173. The molecule has 2 rings (SSSR count). The van der Waals surface area contributed by atoms with Crippen molar-refractivity contribution in [3.8, 4) is 5.75 Å². The van der Waals surface area contributed by atoms with Gasteiger partial charge in [-0.05, 0) is 22.0 Å². The fourth-order valence-electron chi connectivity index (χ4n) is 1.34. The Morgan fingerprint density at radius 1 is 1.31 bits per heavy atom. The highest BCUT2D eigenvalue weighted by Crippen LogP contribution is 2.36. The van der Waals surface area contributed by atoms with Crippen molar-refractivity contribution in [2.75, 3.05) is 0 Å². The zero-order valence-corrected chi connectivity index (χ0v) is 9.87. The number of aromatic nitrogens is 1. The molecule has 86 valence electrons. The predicted molar refractivity (Wildman–Crippen MR) is 57.7 cm³/mol. The topological polar surface area (TPSA) is 25.0 Å². The molecule has 0 atom stereocenters. The summed E-state index contributed by atoms with van der Waals surface area (Å²) >= 11 is 8.89. The van der Waals surface area contributed by atoms with Crippen LogP contribution in [-0.2, 0) is 0 Å². The third-order valence-corrected chi connectivity index (χ3v) is 2.77. The summed E-state index contributed by atoms with van der Waals surface area (Å²) in [5.74, 6) is -0.347. The van der Waals surface area contributed by atoms with E-state index in [9.17, 15) is 13.2 Å². The van der Waals surface area contributed by atoms with E-state index in [1.54, 1.807) is 6.07 Å². The molecule has 1 N–H and O–H groups in total. The zero-order valence-electron chi connectivity index (χ0n) is 7.53. The van der Waals surface area contributed by atoms with Gasteiger partial charge in [0, 0.05) is 27.1 Å². The number of aromatic amines is 1. The van der Waals surface area contributed by atoms with Crippen LogP contribution in [0.3, 0.4) is 0 Å². The number of fused-ring (bicyclic) bond motifs is 1. The van der Waals surface area contributed by atoms with Crippen molar-refractivity contribution in [3.05, 3.63) is 27.8 Å². The van der Waals surface area contributed by atoms with E-state index in [0.29, 0.717) is 9.86 Å². The van der Waals surface area contributed by atoms with Crippen LogP contribution in [-0.4, -0.2) is 11.3 Å². The Balaban J connectivity index is 2.60. The summed E-state index contributed by atoms with van der Waals surface area (Å²) in [4.78, 5) is 2.68. The summed E-state index contributed by atoms with van der Waals surface area (Å²) in [6.45, 7) is 0. The van der Waals surface area contributed by atoms with Crippen LogP contribution in [0, 0.1) is 0 Å². The Labute approximate surface area is 101 Å². The first-order valence-corrected chi connectivity index (χ1v) is 5.26. The van der Waals surface area contributed by atoms with Crippen LogP contribution < -0.4 is 4.74 Å². The summed E-state index contributed by atoms with van der Waals surface area (Å²) in [5, 5.41) is 0.707. The molecule has 0 saturated carbocycles. The van der Waals surface area contributed by atoms with Gasteiger partial charge in [0.2, 0.25) is 0 Å². The number of H-pyrrole nitrogens is 1. The molecular weight excluding hydrogens is 310 g/mol. The molecule has 0 bridgehead atoms. The Morgan fingerprint density at radius 2 is 2.00 bits per heavy atom. The van der Waals surface area contributed by atoms with Crippen LogP contribution in [0.5, 0.6) is 5.75 Å². The maximum atomic E-state index is 12.1. The van der Waals surface area contributed by atoms with Crippen LogP contribution in [0.1, 0.15) is 0 Å². The Bertz CT molecular complexity index is 537. The van der Waals surface area contributed by atoms with Crippen LogP contribution in [0.4, 0.5) is 13.2 Å². The number of hydrogen-bond acceptors (Lipinski definition) is 1. The molecule has 1 aromatic carbocycles. The number of ether oxygens (including phenoxy) is 1. The summed E-state index contributed by atoms with van der Waals surface area (Å²) in [5.41, 5.74) is 0.244. The smallest absolute Gasteiger partial charge is 0.403 e. The van der Waals surface area contributed by atoms with Crippen molar-refractivity contribution in [2.24, 2.45) is 0 Å². The number of rotatable bonds is 1. The van der Waals surface area contributed by atoms with E-state index in [2.05, 4.69) is 25.7 Å². The molecule has 7 heteroatoms. The van der Waals surface area contributed by atoms with Crippen LogP contribution in [0.25, 0.3) is 10.9 Å². The molecule has 2 nitrogen and oxygen atoms in total. The normalized spacial score (nSPS) is 12.1. The first-order valence-electron chi connectivity index (χ1n) is 4.09. The first kappa shape index (κ1) is 11.6. The maximum Gasteiger partial charge on any atom is 0.573 e. The largest absolute Gasteiger partial charge is 0.573 e. The SMILES string of the molecule is FC(F)(F)Oc1cc(Cl)cc2c(Br)c[nH]c12. The monoisotopic (exact) mass is 313 g/mol. The molecule has 0 radical (unpaired) electrons. The minimum atomic E-state index is -4.74. The van der Waals surface area contributed by atoms with Gasteiger partial charge in [-0.2, -0.15) is 0 Å². The Hall–Kier alpha value is -0.880. The Kier molecular flexibility index (Phi) is 2.79. The van der Waals surface area contributed by atoms with E-state index in [-0.39, 0.29) is 16.3 Å². The zero-order chi connectivity index (χ0) is 11.9. The number of hydrogen-bond donors (Lipinski definition) is 1.